The molecule has 0 saturated heterocycles. The second-order valence-corrected chi connectivity index (χ2v) is 8.84. The first-order valence-electron chi connectivity index (χ1n) is 10.9. The lowest BCUT2D eigenvalue weighted by Crippen LogP contribution is -2.50. The van der Waals surface area contributed by atoms with Gasteiger partial charge in [0, 0.05) is 31.3 Å². The monoisotopic (exact) mass is 464 g/mol. The molecule has 6 heteroatoms. The van der Waals surface area contributed by atoms with E-state index >= 15 is 0 Å². The molecule has 0 aliphatic heterocycles. The van der Waals surface area contributed by atoms with Crippen LogP contribution >= 0.6 is 11.8 Å². The number of aryl methyl sites for hydroxylation is 1. The van der Waals surface area contributed by atoms with Gasteiger partial charge in [0.2, 0.25) is 11.8 Å². The summed E-state index contributed by atoms with van der Waals surface area (Å²) in [6.45, 7) is 2.07. The van der Waals surface area contributed by atoms with Gasteiger partial charge in [-0.25, -0.2) is 4.39 Å². The van der Waals surface area contributed by atoms with Crippen molar-refractivity contribution >= 4 is 23.6 Å². The molecule has 0 radical (unpaired) electrons. The molecule has 4 nitrogen and oxygen atoms in total. The summed E-state index contributed by atoms with van der Waals surface area (Å²) >= 11 is 1.50. The molecule has 0 bridgehead atoms. The summed E-state index contributed by atoms with van der Waals surface area (Å²) in [5, 5.41) is 2.68. The molecule has 3 rings (SSSR count). The van der Waals surface area contributed by atoms with E-state index in [9.17, 15) is 14.0 Å². The first-order chi connectivity index (χ1) is 16.0. The van der Waals surface area contributed by atoms with Crippen LogP contribution in [-0.2, 0) is 28.3 Å². The molecule has 0 aromatic heterocycles. The fourth-order valence-electron chi connectivity index (χ4n) is 3.63. The van der Waals surface area contributed by atoms with Gasteiger partial charge in [0.05, 0.1) is 5.75 Å². The highest BCUT2D eigenvalue weighted by atomic mass is 32.2. The number of nitrogens with one attached hydrogen (secondary N) is 1. The lowest BCUT2D eigenvalue weighted by atomic mass is 10.0. The highest BCUT2D eigenvalue weighted by Crippen LogP contribution is 2.20. The standard InChI is InChI=1S/C27H29FN2O2S/c1-20-10-6-7-14-23(20)18-33-19-26(31)30(17-22-13-8-9-15-24(22)28)25(27(32)29-2)16-21-11-4-3-5-12-21/h3-15,25H,16-19H2,1-2H3,(H,29,32). The van der Waals surface area contributed by atoms with Crippen LogP contribution in [0.4, 0.5) is 4.39 Å². The molecule has 2 amide bonds. The van der Waals surface area contributed by atoms with Gasteiger partial charge in [-0.3, -0.25) is 9.59 Å². The Kier molecular flexibility index (Phi) is 9.07. The Labute approximate surface area is 199 Å². The zero-order valence-corrected chi connectivity index (χ0v) is 19.8. The third kappa shape index (κ3) is 6.93. The van der Waals surface area contributed by atoms with Gasteiger partial charge in [0.1, 0.15) is 11.9 Å². The van der Waals surface area contributed by atoms with Crippen LogP contribution in [0.5, 0.6) is 0 Å². The van der Waals surface area contributed by atoms with Crippen LogP contribution in [0.3, 0.4) is 0 Å². The van der Waals surface area contributed by atoms with Crippen LogP contribution in [-0.4, -0.2) is 35.6 Å². The van der Waals surface area contributed by atoms with Crippen LogP contribution in [0.2, 0.25) is 0 Å². The second kappa shape index (κ2) is 12.2. The Hall–Kier alpha value is -3.12. The van der Waals surface area contributed by atoms with Gasteiger partial charge in [-0.15, -0.1) is 11.8 Å². The van der Waals surface area contributed by atoms with Gasteiger partial charge in [0.25, 0.3) is 0 Å². The smallest absolute Gasteiger partial charge is 0.242 e. The lowest BCUT2D eigenvalue weighted by molar-refractivity contribution is -0.139. The maximum Gasteiger partial charge on any atom is 0.242 e. The fraction of sp³-hybridized carbons (Fsp3) is 0.259. The number of amides is 2. The van der Waals surface area contributed by atoms with Crippen molar-refractivity contribution in [2.45, 2.75) is 31.7 Å². The molecule has 1 N–H and O–H groups in total. The summed E-state index contributed by atoms with van der Waals surface area (Å²) in [6.07, 6.45) is 0.350. The number of nitrogens with zero attached hydrogens (tertiary/aromatic N) is 1. The Bertz CT molecular complexity index is 1070. The number of carbonyl (C=O) groups is 2. The van der Waals surface area contributed by atoms with E-state index in [1.54, 1.807) is 25.2 Å². The van der Waals surface area contributed by atoms with E-state index in [2.05, 4.69) is 5.32 Å². The number of hydrogen-bond acceptors (Lipinski definition) is 3. The van der Waals surface area contributed by atoms with Gasteiger partial charge < -0.3 is 10.2 Å². The SMILES string of the molecule is CNC(=O)C(Cc1ccccc1)N(Cc1ccccc1F)C(=O)CSCc1ccccc1C. The molecule has 0 heterocycles. The Balaban J connectivity index is 1.83. The van der Waals surface area contributed by atoms with Crippen LogP contribution in [0, 0.1) is 12.7 Å². The number of thioether (sulfide) groups is 1. The maximum absolute atomic E-state index is 14.5. The van der Waals surface area contributed by atoms with Crippen LogP contribution in [0.25, 0.3) is 0 Å². The van der Waals surface area contributed by atoms with E-state index in [1.165, 1.54) is 33.9 Å². The molecule has 1 atom stereocenters. The average Bonchev–Trinajstić information content (AvgIpc) is 2.83. The van der Waals surface area contributed by atoms with E-state index in [0.717, 1.165) is 5.56 Å². The topological polar surface area (TPSA) is 49.4 Å². The van der Waals surface area contributed by atoms with Crippen LogP contribution in [0.15, 0.2) is 78.9 Å². The molecule has 1 unspecified atom stereocenters. The third-order valence-electron chi connectivity index (χ3n) is 5.56. The molecule has 0 fully saturated rings. The van der Waals surface area contributed by atoms with Crippen molar-refractivity contribution in [1.29, 1.82) is 0 Å². The minimum Gasteiger partial charge on any atom is -0.357 e. The van der Waals surface area contributed by atoms with Gasteiger partial charge in [-0.2, -0.15) is 0 Å². The molecule has 3 aromatic rings. The number of benzene rings is 3. The first-order valence-corrected chi connectivity index (χ1v) is 12.1. The lowest BCUT2D eigenvalue weighted by Gasteiger charge is -2.31. The summed E-state index contributed by atoms with van der Waals surface area (Å²) in [7, 11) is 1.55. The van der Waals surface area contributed by atoms with Crippen molar-refractivity contribution in [3.8, 4) is 0 Å². The largest absolute Gasteiger partial charge is 0.357 e. The summed E-state index contributed by atoms with van der Waals surface area (Å²) in [6, 6.07) is 23.2. The van der Waals surface area contributed by atoms with Crippen molar-refractivity contribution in [2.75, 3.05) is 12.8 Å². The van der Waals surface area contributed by atoms with Crippen molar-refractivity contribution < 1.29 is 14.0 Å². The van der Waals surface area contributed by atoms with Crippen molar-refractivity contribution in [2.24, 2.45) is 0 Å². The van der Waals surface area contributed by atoms with E-state index in [4.69, 9.17) is 0 Å². The van der Waals surface area contributed by atoms with Gasteiger partial charge in [-0.1, -0.05) is 72.8 Å². The quantitative estimate of drug-likeness (QED) is 0.471. The number of carbonyl (C=O) groups excluding carboxylic acids is 2. The van der Waals surface area contributed by atoms with Gasteiger partial charge in [0.15, 0.2) is 0 Å². The number of halogens is 1. The van der Waals surface area contributed by atoms with E-state index in [1.807, 2.05) is 61.5 Å². The summed E-state index contributed by atoms with van der Waals surface area (Å²) in [5.74, 6) is 0.0346. The second-order valence-electron chi connectivity index (χ2n) is 7.85. The summed E-state index contributed by atoms with van der Waals surface area (Å²) in [5.41, 5.74) is 3.66. The van der Waals surface area contributed by atoms with E-state index in [0.29, 0.717) is 17.7 Å². The molecule has 0 aliphatic rings. The number of likely N-dealkylation sites (N-methyl/N-ethyl adjacent to an activating group) is 1. The average molecular weight is 465 g/mol. The molecule has 172 valence electrons. The zero-order valence-electron chi connectivity index (χ0n) is 19.0. The Morgan fingerprint density at radius 2 is 1.58 bits per heavy atom. The molecule has 33 heavy (non-hydrogen) atoms. The summed E-state index contributed by atoms with van der Waals surface area (Å²) < 4.78 is 14.5. The van der Waals surface area contributed by atoms with Gasteiger partial charge in [-0.05, 0) is 29.7 Å². The predicted octanol–water partition coefficient (Wildman–Crippen LogP) is 4.75. The number of hydrogen-bond donors (Lipinski definition) is 1. The highest BCUT2D eigenvalue weighted by molar-refractivity contribution is 7.99. The van der Waals surface area contributed by atoms with Crippen LogP contribution < -0.4 is 5.32 Å². The third-order valence-corrected chi connectivity index (χ3v) is 6.53. The fourth-order valence-corrected chi connectivity index (χ4v) is 4.62. The molecule has 0 aliphatic carbocycles. The minimum atomic E-state index is -0.747. The molecule has 3 aromatic carbocycles. The van der Waals surface area contributed by atoms with Crippen molar-refractivity contribution in [3.63, 3.8) is 0 Å². The highest BCUT2D eigenvalue weighted by Gasteiger charge is 2.30. The van der Waals surface area contributed by atoms with E-state index < -0.39 is 11.9 Å². The molecular formula is C27H29FN2O2S. The Morgan fingerprint density at radius 3 is 2.24 bits per heavy atom. The maximum atomic E-state index is 14.5. The molecule has 0 spiro atoms. The first kappa shape index (κ1) is 24.5. The zero-order chi connectivity index (χ0) is 23.6. The summed E-state index contributed by atoms with van der Waals surface area (Å²) in [4.78, 5) is 27.8. The van der Waals surface area contributed by atoms with Crippen LogP contribution in [0.1, 0.15) is 22.3 Å². The molecular weight excluding hydrogens is 435 g/mol. The van der Waals surface area contributed by atoms with E-state index in [-0.39, 0.29) is 24.1 Å². The van der Waals surface area contributed by atoms with Gasteiger partial charge >= 0.3 is 0 Å². The van der Waals surface area contributed by atoms with Crippen molar-refractivity contribution in [1.82, 2.24) is 10.2 Å². The Morgan fingerprint density at radius 1 is 0.939 bits per heavy atom. The number of rotatable bonds is 10. The molecule has 0 saturated carbocycles. The predicted molar refractivity (Wildman–Crippen MR) is 132 cm³/mol. The van der Waals surface area contributed by atoms with Crippen molar-refractivity contribution in [3.05, 3.63) is 107 Å². The minimum absolute atomic E-state index is 0.0291. The normalized spacial score (nSPS) is 11.6.